The molecule has 17 nitrogen and oxygen atoms in total. The van der Waals surface area contributed by atoms with Crippen molar-refractivity contribution in [1.82, 2.24) is 45.0 Å². The molecule has 24 heteroatoms. The number of halogens is 6. The van der Waals surface area contributed by atoms with E-state index in [2.05, 4.69) is 20.5 Å². The summed E-state index contributed by atoms with van der Waals surface area (Å²) in [5.74, 6) is -5.53. The molecule has 0 aliphatic carbocycles. The number of cyclic esters (lactones) is 1. The summed E-state index contributed by atoms with van der Waals surface area (Å²) in [7, 11) is 4.93. The quantitative estimate of drug-likeness (QED) is 0.0950. The van der Waals surface area contributed by atoms with E-state index in [0.717, 1.165) is 33.9 Å². The number of amides is 4. The SMILES string of the molecule is CO[C@@H](C)c1ncc(N2CCN(C)CC2)cc1-c1c2c3c(F)c(ccc3n1CC(F)(F)F)-c1csc(n1)C[C@H](NC(=O)[C@H](C(C)C)N(C)C(=O)[C@H]1CCN(C(=O)[C@H](F)Cl)C1)C(=O)N1CCC[C@H](N1)C(=O)OCC(C)(C)C2. The number of hydrogen-bond donors (Lipinski definition) is 2. The monoisotopic (exact) mass is 1100 g/mol. The molecule has 3 aromatic heterocycles. The van der Waals surface area contributed by atoms with Crippen LogP contribution in [0.1, 0.15) is 76.3 Å². The lowest BCUT2D eigenvalue weighted by Crippen LogP contribution is -2.62. The maximum Gasteiger partial charge on any atom is 0.406 e. The van der Waals surface area contributed by atoms with E-state index in [4.69, 9.17) is 31.0 Å². The Balaban J connectivity index is 1.23. The summed E-state index contributed by atoms with van der Waals surface area (Å²) in [6.07, 6.45) is -3.20. The Morgan fingerprint density at radius 1 is 1.07 bits per heavy atom. The molecule has 414 valence electrons. The Labute approximate surface area is 447 Å². The van der Waals surface area contributed by atoms with Gasteiger partial charge in [0, 0.05) is 93.7 Å². The van der Waals surface area contributed by atoms with Gasteiger partial charge in [0.25, 0.3) is 17.4 Å². The molecular weight excluding hydrogens is 1040 g/mol. The number of rotatable bonds is 11. The average molecular weight is 1110 g/mol. The molecule has 0 saturated carbocycles. The minimum Gasteiger partial charge on any atom is -0.464 e. The molecule has 8 rings (SSSR count). The molecule has 3 saturated heterocycles. The highest BCUT2D eigenvalue weighted by molar-refractivity contribution is 7.10. The van der Waals surface area contributed by atoms with Crippen molar-refractivity contribution in [3.63, 3.8) is 0 Å². The van der Waals surface area contributed by atoms with E-state index < -0.39 is 95.2 Å². The largest absolute Gasteiger partial charge is 0.464 e. The van der Waals surface area contributed by atoms with Crippen molar-refractivity contribution in [3.05, 3.63) is 51.9 Å². The van der Waals surface area contributed by atoms with Gasteiger partial charge in [-0.15, -0.1) is 11.3 Å². The zero-order valence-electron chi connectivity index (χ0n) is 43.9. The molecule has 0 spiro atoms. The molecule has 4 aliphatic rings. The molecule has 1 aromatic carbocycles. The van der Waals surface area contributed by atoms with E-state index in [1.165, 1.54) is 36.2 Å². The fourth-order valence-electron chi connectivity index (χ4n) is 10.8. The second-order valence-electron chi connectivity index (χ2n) is 21.5. The van der Waals surface area contributed by atoms with Crippen LogP contribution in [0.4, 0.5) is 27.6 Å². The Morgan fingerprint density at radius 3 is 2.46 bits per heavy atom. The number of nitrogens with zero attached hydrogens (tertiary/aromatic N) is 8. The number of anilines is 1. The second-order valence-corrected chi connectivity index (χ2v) is 22.8. The maximum absolute atomic E-state index is 18.0. The summed E-state index contributed by atoms with van der Waals surface area (Å²) in [5, 5.41) is 5.88. The number of esters is 1. The maximum atomic E-state index is 18.0. The van der Waals surface area contributed by atoms with Crippen LogP contribution in [0.3, 0.4) is 0 Å². The number of nitrogens with one attached hydrogen (secondary N) is 2. The van der Waals surface area contributed by atoms with Gasteiger partial charge in [-0.2, -0.15) is 13.2 Å². The predicted molar refractivity (Wildman–Crippen MR) is 276 cm³/mol. The van der Waals surface area contributed by atoms with E-state index in [1.807, 2.05) is 7.05 Å². The van der Waals surface area contributed by atoms with Gasteiger partial charge < -0.3 is 39.0 Å². The van der Waals surface area contributed by atoms with Gasteiger partial charge in [-0.1, -0.05) is 39.3 Å². The number of ether oxygens (including phenoxy) is 2. The highest BCUT2D eigenvalue weighted by atomic mass is 35.5. The van der Waals surface area contributed by atoms with Crippen LogP contribution < -0.4 is 15.6 Å². The highest BCUT2D eigenvalue weighted by Crippen LogP contribution is 2.45. The highest BCUT2D eigenvalue weighted by Gasteiger charge is 2.42. The number of hydrogen-bond acceptors (Lipinski definition) is 13. The van der Waals surface area contributed by atoms with E-state index in [1.54, 1.807) is 52.3 Å². The first-order chi connectivity index (χ1) is 35.9. The first kappa shape index (κ1) is 56.7. The van der Waals surface area contributed by atoms with Gasteiger partial charge in [0.2, 0.25) is 11.8 Å². The van der Waals surface area contributed by atoms with Crippen LogP contribution in [0.25, 0.3) is 33.4 Å². The van der Waals surface area contributed by atoms with E-state index in [0.29, 0.717) is 36.5 Å². The Morgan fingerprint density at radius 2 is 1.79 bits per heavy atom. The number of pyridine rings is 1. The second kappa shape index (κ2) is 22.8. The molecule has 6 atom stereocenters. The van der Waals surface area contributed by atoms with Gasteiger partial charge in [-0.3, -0.25) is 34.0 Å². The van der Waals surface area contributed by atoms with Crippen LogP contribution in [0.15, 0.2) is 29.8 Å². The number of alkyl halides is 5. The first-order valence-corrected chi connectivity index (χ1v) is 26.9. The van der Waals surface area contributed by atoms with E-state index in [9.17, 15) is 28.4 Å². The fraction of sp³-hybridized carbons (Fsp3) is 0.596. The zero-order chi connectivity index (χ0) is 55.1. The molecule has 0 unspecified atom stereocenters. The number of hydrazine groups is 1. The van der Waals surface area contributed by atoms with Crippen molar-refractivity contribution in [2.45, 2.75) is 109 Å². The van der Waals surface area contributed by atoms with Crippen LogP contribution in [0.2, 0.25) is 0 Å². The van der Waals surface area contributed by atoms with Crippen molar-refractivity contribution in [2.75, 3.05) is 78.5 Å². The summed E-state index contributed by atoms with van der Waals surface area (Å²) < 4.78 is 89.7. The zero-order valence-corrected chi connectivity index (χ0v) is 45.5. The number of piperazine rings is 1. The van der Waals surface area contributed by atoms with Crippen molar-refractivity contribution >= 4 is 69.1 Å². The van der Waals surface area contributed by atoms with Crippen LogP contribution in [0, 0.1) is 23.1 Å². The summed E-state index contributed by atoms with van der Waals surface area (Å²) in [5.41, 5.74) is 1.45. The lowest BCUT2D eigenvalue weighted by molar-refractivity contribution is -0.155. The molecule has 0 radical (unpaired) electrons. The summed E-state index contributed by atoms with van der Waals surface area (Å²) in [6.45, 7) is 9.93. The van der Waals surface area contributed by atoms with Crippen LogP contribution >= 0.6 is 22.9 Å². The lowest BCUT2D eigenvalue weighted by Gasteiger charge is -2.37. The van der Waals surface area contributed by atoms with Crippen LogP contribution in [-0.4, -0.2) is 167 Å². The van der Waals surface area contributed by atoms with Gasteiger partial charge in [0.15, 0.2) is 0 Å². The van der Waals surface area contributed by atoms with Crippen molar-refractivity contribution in [3.8, 4) is 22.5 Å². The summed E-state index contributed by atoms with van der Waals surface area (Å²) >= 11 is 6.48. The third-order valence-electron chi connectivity index (χ3n) is 14.9. The van der Waals surface area contributed by atoms with Gasteiger partial charge in [0.05, 0.1) is 58.1 Å². The Bertz CT molecular complexity index is 2840. The van der Waals surface area contributed by atoms with Crippen LogP contribution in [0.5, 0.6) is 0 Å². The number of carbonyl (C=O) groups excluding carboxylic acids is 5. The normalized spacial score (nSPS) is 22.1. The Kier molecular flexibility index (Phi) is 17.0. The van der Waals surface area contributed by atoms with Gasteiger partial charge in [0.1, 0.15) is 30.5 Å². The predicted octanol–water partition coefficient (Wildman–Crippen LogP) is 6.50. The van der Waals surface area contributed by atoms with Crippen LogP contribution in [-0.2, 0) is 52.8 Å². The number of thiazole rings is 1. The molecule has 6 bridgehead atoms. The molecule has 2 N–H and O–H groups in total. The molecule has 76 heavy (non-hydrogen) atoms. The van der Waals surface area contributed by atoms with E-state index in [-0.39, 0.29) is 90.3 Å². The van der Waals surface area contributed by atoms with Crippen molar-refractivity contribution in [2.24, 2.45) is 17.3 Å². The number of fused-ring (bicyclic) bond motifs is 6. The van der Waals surface area contributed by atoms with E-state index >= 15 is 17.6 Å². The minimum atomic E-state index is -4.76. The third kappa shape index (κ3) is 12.1. The van der Waals surface area contributed by atoms with Gasteiger partial charge in [-0.05, 0) is 69.3 Å². The standard InChI is InChI=1S/C52H66ClF5N10O7S/c1-28(2)43(64(7)47(70)30-13-15-66(24-30)49(72)45(53)55)46(69)61-36-21-39-60-37(25-76-39)32-11-12-38-40(41(32)54)34(22-51(4,5)27-75-50(73)35-10-9-14-68(62-35)48(36)71)44(67(38)26-52(56,57)58)33-20-31(23-59-42(33)29(3)74-8)65-18-16-63(6)17-19-65/h11-12,20,23,25,28-30,35-36,43,45,62H,9-10,13-19,21-22,24,26-27H2,1-8H3,(H,61,69)/t29-,30-,35-,36-,43-,45-/m0/s1. The first-order valence-electron chi connectivity index (χ1n) is 25.6. The summed E-state index contributed by atoms with van der Waals surface area (Å²) in [6, 6.07) is 1.14. The van der Waals surface area contributed by atoms with Crippen molar-refractivity contribution in [1.29, 1.82) is 0 Å². The third-order valence-corrected chi connectivity index (χ3v) is 15.9. The topological polar surface area (TPSA) is 175 Å². The number of likely N-dealkylation sites (N-methyl/N-ethyl adjacent to an activating group) is 2. The van der Waals surface area contributed by atoms with Gasteiger partial charge in [-0.25, -0.2) is 19.2 Å². The number of benzene rings is 1. The fourth-order valence-corrected chi connectivity index (χ4v) is 11.8. The number of likely N-dealkylation sites (tertiary alicyclic amines) is 1. The molecule has 4 aromatic rings. The number of methoxy groups -OCH3 is 1. The Hall–Kier alpha value is -5.49. The van der Waals surface area contributed by atoms with Gasteiger partial charge >= 0.3 is 12.1 Å². The number of carbonyl (C=O) groups is 5. The molecule has 4 aliphatic heterocycles. The lowest BCUT2D eigenvalue weighted by atomic mass is 9.84. The molecular formula is C52H66ClF5N10O7S. The molecule has 3 fully saturated rings. The smallest absolute Gasteiger partial charge is 0.406 e. The summed E-state index contributed by atoms with van der Waals surface area (Å²) in [4.78, 5) is 85.7. The molecule has 4 amide bonds. The van der Waals surface area contributed by atoms with Crippen molar-refractivity contribution < 1.29 is 55.4 Å². The number of aromatic nitrogens is 3. The molecule has 7 heterocycles. The minimum absolute atomic E-state index is 0.0279. The average Bonchev–Trinajstić information content (AvgIpc) is 4.14.